The standard InChI is InChI=1S/C12H17NO4/c1-15-10-6-4-5-9(7-10)12(14)13-8-11(16-2)17-3/h4-7,11H,8H2,1-3H3,(H,13,14). The molecule has 5 heteroatoms. The van der Waals surface area contributed by atoms with Gasteiger partial charge in [0.15, 0.2) is 6.29 Å². The van der Waals surface area contributed by atoms with Crippen LogP contribution in [0.3, 0.4) is 0 Å². The second kappa shape index (κ2) is 6.88. The number of nitrogens with one attached hydrogen (secondary N) is 1. The number of rotatable bonds is 6. The Morgan fingerprint density at radius 2 is 2.00 bits per heavy atom. The number of amides is 1. The van der Waals surface area contributed by atoms with Crippen molar-refractivity contribution in [3.05, 3.63) is 29.8 Å². The van der Waals surface area contributed by atoms with Crippen LogP contribution in [0.4, 0.5) is 0 Å². The fourth-order valence-corrected chi connectivity index (χ4v) is 1.31. The number of hydrogen-bond donors (Lipinski definition) is 1. The van der Waals surface area contributed by atoms with Crippen molar-refractivity contribution in [1.29, 1.82) is 0 Å². The summed E-state index contributed by atoms with van der Waals surface area (Å²) in [6.45, 7) is 0.295. The van der Waals surface area contributed by atoms with E-state index in [2.05, 4.69) is 5.32 Å². The third-order valence-corrected chi connectivity index (χ3v) is 2.29. The van der Waals surface area contributed by atoms with Crippen molar-refractivity contribution in [3.63, 3.8) is 0 Å². The van der Waals surface area contributed by atoms with E-state index in [0.717, 1.165) is 0 Å². The van der Waals surface area contributed by atoms with E-state index in [1.807, 2.05) is 0 Å². The Morgan fingerprint density at radius 3 is 2.59 bits per heavy atom. The van der Waals surface area contributed by atoms with Crippen LogP contribution in [0.1, 0.15) is 10.4 Å². The highest BCUT2D eigenvalue weighted by Crippen LogP contribution is 2.12. The SMILES string of the molecule is COc1cccc(C(=O)NCC(OC)OC)c1. The smallest absolute Gasteiger partial charge is 0.251 e. The first-order valence-electron chi connectivity index (χ1n) is 5.19. The molecule has 1 aromatic rings. The van der Waals surface area contributed by atoms with Gasteiger partial charge in [0.05, 0.1) is 13.7 Å². The molecule has 0 saturated heterocycles. The number of carbonyl (C=O) groups is 1. The monoisotopic (exact) mass is 239 g/mol. The van der Waals surface area contributed by atoms with Gasteiger partial charge in [-0.15, -0.1) is 0 Å². The van der Waals surface area contributed by atoms with Gasteiger partial charge in [-0.2, -0.15) is 0 Å². The van der Waals surface area contributed by atoms with Gasteiger partial charge in [0.2, 0.25) is 0 Å². The molecule has 0 aromatic heterocycles. The van der Waals surface area contributed by atoms with Crippen LogP contribution in [0.5, 0.6) is 5.75 Å². The van der Waals surface area contributed by atoms with Crippen LogP contribution in [0.2, 0.25) is 0 Å². The van der Waals surface area contributed by atoms with Crippen LogP contribution >= 0.6 is 0 Å². The highest BCUT2D eigenvalue weighted by atomic mass is 16.7. The lowest BCUT2D eigenvalue weighted by molar-refractivity contribution is -0.0974. The minimum absolute atomic E-state index is 0.192. The minimum Gasteiger partial charge on any atom is -0.497 e. The summed E-state index contributed by atoms with van der Waals surface area (Å²) >= 11 is 0. The summed E-state index contributed by atoms with van der Waals surface area (Å²) in [4.78, 5) is 11.8. The fraction of sp³-hybridized carbons (Fsp3) is 0.417. The van der Waals surface area contributed by atoms with Crippen molar-refractivity contribution >= 4 is 5.91 Å². The highest BCUT2D eigenvalue weighted by molar-refractivity contribution is 5.94. The molecule has 0 bridgehead atoms. The zero-order valence-corrected chi connectivity index (χ0v) is 10.2. The van der Waals surface area contributed by atoms with E-state index in [9.17, 15) is 4.79 Å². The van der Waals surface area contributed by atoms with E-state index in [1.54, 1.807) is 31.4 Å². The van der Waals surface area contributed by atoms with Crippen LogP contribution < -0.4 is 10.1 Å². The van der Waals surface area contributed by atoms with Gasteiger partial charge in [0.1, 0.15) is 5.75 Å². The second-order valence-electron chi connectivity index (χ2n) is 3.34. The first kappa shape index (κ1) is 13.5. The van der Waals surface area contributed by atoms with Gasteiger partial charge < -0.3 is 19.5 Å². The maximum atomic E-state index is 11.8. The Morgan fingerprint density at radius 1 is 1.29 bits per heavy atom. The Balaban J connectivity index is 2.57. The molecular formula is C12H17NO4. The fourth-order valence-electron chi connectivity index (χ4n) is 1.31. The van der Waals surface area contributed by atoms with Gasteiger partial charge in [0, 0.05) is 19.8 Å². The zero-order valence-electron chi connectivity index (χ0n) is 10.2. The first-order valence-corrected chi connectivity index (χ1v) is 5.19. The molecule has 0 saturated carbocycles. The number of benzene rings is 1. The van der Waals surface area contributed by atoms with Gasteiger partial charge >= 0.3 is 0 Å². The van der Waals surface area contributed by atoms with Crippen molar-refractivity contribution in [1.82, 2.24) is 5.32 Å². The second-order valence-corrected chi connectivity index (χ2v) is 3.34. The first-order chi connectivity index (χ1) is 8.21. The molecule has 1 amide bonds. The van der Waals surface area contributed by atoms with Crippen molar-refractivity contribution in [2.45, 2.75) is 6.29 Å². The summed E-state index contributed by atoms with van der Waals surface area (Å²) in [5.41, 5.74) is 0.537. The lowest BCUT2D eigenvalue weighted by Crippen LogP contribution is -2.34. The van der Waals surface area contributed by atoms with Gasteiger partial charge in [-0.25, -0.2) is 0 Å². The van der Waals surface area contributed by atoms with Crippen molar-refractivity contribution in [2.75, 3.05) is 27.9 Å². The summed E-state index contributed by atoms with van der Waals surface area (Å²) in [5.74, 6) is 0.454. The van der Waals surface area contributed by atoms with Gasteiger partial charge in [-0.05, 0) is 18.2 Å². The maximum Gasteiger partial charge on any atom is 0.251 e. The van der Waals surface area contributed by atoms with Crippen LogP contribution in [0, 0.1) is 0 Å². The van der Waals surface area contributed by atoms with Crippen LogP contribution in [-0.2, 0) is 9.47 Å². The molecule has 0 aliphatic rings. The predicted octanol–water partition coefficient (Wildman–Crippen LogP) is 1.04. The Kier molecular flexibility index (Phi) is 5.45. The van der Waals surface area contributed by atoms with Gasteiger partial charge in [0.25, 0.3) is 5.91 Å². The Hall–Kier alpha value is -1.59. The van der Waals surface area contributed by atoms with Crippen LogP contribution in [0.15, 0.2) is 24.3 Å². The van der Waals surface area contributed by atoms with Crippen molar-refractivity contribution < 1.29 is 19.0 Å². The maximum absolute atomic E-state index is 11.8. The molecule has 0 radical (unpaired) electrons. The zero-order chi connectivity index (χ0) is 12.7. The van der Waals surface area contributed by atoms with E-state index in [0.29, 0.717) is 17.9 Å². The Bertz CT molecular complexity index is 363. The normalized spacial score (nSPS) is 10.4. The average Bonchev–Trinajstić information content (AvgIpc) is 2.39. The van der Waals surface area contributed by atoms with E-state index in [1.165, 1.54) is 14.2 Å². The summed E-state index contributed by atoms with van der Waals surface area (Å²) in [7, 11) is 4.60. The summed E-state index contributed by atoms with van der Waals surface area (Å²) in [5, 5.41) is 2.71. The molecule has 0 heterocycles. The molecule has 1 rings (SSSR count). The van der Waals surface area contributed by atoms with Crippen molar-refractivity contribution in [2.24, 2.45) is 0 Å². The molecule has 0 spiro atoms. The highest BCUT2D eigenvalue weighted by Gasteiger charge is 2.10. The molecule has 0 fully saturated rings. The largest absolute Gasteiger partial charge is 0.497 e. The molecule has 94 valence electrons. The molecule has 17 heavy (non-hydrogen) atoms. The van der Waals surface area contributed by atoms with E-state index in [4.69, 9.17) is 14.2 Å². The quantitative estimate of drug-likeness (QED) is 0.754. The van der Waals surface area contributed by atoms with Gasteiger partial charge in [-0.3, -0.25) is 4.79 Å². The Labute approximate surface area is 101 Å². The lowest BCUT2D eigenvalue weighted by atomic mass is 10.2. The van der Waals surface area contributed by atoms with Gasteiger partial charge in [-0.1, -0.05) is 6.07 Å². The molecule has 1 aromatic carbocycles. The third kappa shape index (κ3) is 4.05. The molecule has 0 atom stereocenters. The molecule has 0 aliphatic carbocycles. The number of ether oxygens (including phenoxy) is 3. The lowest BCUT2D eigenvalue weighted by Gasteiger charge is -2.14. The summed E-state index contributed by atoms with van der Waals surface area (Å²) < 4.78 is 15.0. The van der Waals surface area contributed by atoms with E-state index in [-0.39, 0.29) is 5.91 Å². The number of hydrogen-bond acceptors (Lipinski definition) is 4. The van der Waals surface area contributed by atoms with Crippen LogP contribution in [0.25, 0.3) is 0 Å². The molecular weight excluding hydrogens is 222 g/mol. The number of carbonyl (C=O) groups excluding carboxylic acids is 1. The third-order valence-electron chi connectivity index (χ3n) is 2.29. The minimum atomic E-state index is -0.440. The summed E-state index contributed by atoms with van der Waals surface area (Å²) in [6.07, 6.45) is -0.440. The molecule has 0 aliphatic heterocycles. The van der Waals surface area contributed by atoms with E-state index < -0.39 is 6.29 Å². The topological polar surface area (TPSA) is 56.8 Å². The molecule has 0 unspecified atom stereocenters. The molecule has 1 N–H and O–H groups in total. The summed E-state index contributed by atoms with van der Waals surface area (Å²) in [6, 6.07) is 6.93. The van der Waals surface area contributed by atoms with Crippen LogP contribution in [-0.4, -0.2) is 40.1 Å². The van der Waals surface area contributed by atoms with Crippen molar-refractivity contribution in [3.8, 4) is 5.75 Å². The average molecular weight is 239 g/mol. The van der Waals surface area contributed by atoms with E-state index >= 15 is 0 Å². The predicted molar refractivity (Wildman–Crippen MR) is 63.1 cm³/mol. The molecule has 5 nitrogen and oxygen atoms in total. The number of methoxy groups -OCH3 is 3.